The molecule has 1 atom stereocenters. The van der Waals surface area contributed by atoms with Gasteiger partial charge in [-0.25, -0.2) is 4.79 Å². The van der Waals surface area contributed by atoms with Gasteiger partial charge >= 0.3 is 6.03 Å². The van der Waals surface area contributed by atoms with Crippen molar-refractivity contribution in [1.29, 1.82) is 0 Å². The standard InChI is InChI=1S/C20H26N4O4/c25-20(21-11-10-18-23-19(28-24-18)17-9-4-12-26-17)22-14-5-3-8-16(13-14)27-15-6-1-2-7-15/h3,5,8,13,15,17H,1-2,4,6-7,9-12H2,(H2,21,22,25)/t17-/m1/s1. The monoisotopic (exact) mass is 386 g/mol. The molecule has 0 radical (unpaired) electrons. The smallest absolute Gasteiger partial charge is 0.319 e. The number of nitrogens with one attached hydrogen (secondary N) is 2. The number of carbonyl (C=O) groups is 1. The van der Waals surface area contributed by atoms with Crippen molar-refractivity contribution in [3.63, 3.8) is 0 Å². The lowest BCUT2D eigenvalue weighted by molar-refractivity contribution is 0.0835. The highest BCUT2D eigenvalue weighted by atomic mass is 16.5. The highest BCUT2D eigenvalue weighted by molar-refractivity contribution is 5.89. The average Bonchev–Trinajstić information content (AvgIpc) is 3.44. The fourth-order valence-corrected chi connectivity index (χ4v) is 3.58. The molecule has 2 amide bonds. The minimum atomic E-state index is -0.277. The molecule has 0 spiro atoms. The number of benzene rings is 1. The van der Waals surface area contributed by atoms with Crippen LogP contribution in [0.4, 0.5) is 10.5 Å². The first-order valence-corrected chi connectivity index (χ1v) is 10.0. The second-order valence-corrected chi connectivity index (χ2v) is 7.23. The van der Waals surface area contributed by atoms with E-state index in [-0.39, 0.29) is 12.1 Å². The van der Waals surface area contributed by atoms with Crippen LogP contribution >= 0.6 is 0 Å². The number of ether oxygens (including phenoxy) is 2. The third kappa shape index (κ3) is 5.01. The third-order valence-electron chi connectivity index (χ3n) is 5.02. The summed E-state index contributed by atoms with van der Waals surface area (Å²) >= 11 is 0. The van der Waals surface area contributed by atoms with Gasteiger partial charge in [0.15, 0.2) is 5.82 Å². The summed E-state index contributed by atoms with van der Waals surface area (Å²) in [5.74, 6) is 1.88. The van der Waals surface area contributed by atoms with E-state index in [0.29, 0.717) is 36.5 Å². The quantitative estimate of drug-likeness (QED) is 0.754. The molecule has 2 aromatic rings. The van der Waals surface area contributed by atoms with Gasteiger partial charge in [0, 0.05) is 31.3 Å². The Morgan fingerprint density at radius 3 is 2.93 bits per heavy atom. The number of rotatable bonds is 7. The van der Waals surface area contributed by atoms with Crippen molar-refractivity contribution in [3.05, 3.63) is 36.0 Å². The van der Waals surface area contributed by atoms with Gasteiger partial charge in [-0.05, 0) is 50.7 Å². The third-order valence-corrected chi connectivity index (χ3v) is 5.02. The van der Waals surface area contributed by atoms with Crippen molar-refractivity contribution in [2.45, 2.75) is 57.2 Å². The largest absolute Gasteiger partial charge is 0.490 e. The molecule has 1 aliphatic carbocycles. The normalized spacial score (nSPS) is 19.6. The van der Waals surface area contributed by atoms with E-state index in [0.717, 1.165) is 38.0 Å². The van der Waals surface area contributed by atoms with Gasteiger partial charge in [0.1, 0.15) is 11.9 Å². The molecule has 28 heavy (non-hydrogen) atoms. The molecule has 2 fully saturated rings. The molecule has 1 aromatic carbocycles. The van der Waals surface area contributed by atoms with Crippen molar-refractivity contribution < 1.29 is 18.8 Å². The molecule has 4 rings (SSSR count). The summed E-state index contributed by atoms with van der Waals surface area (Å²) < 4.78 is 16.7. The van der Waals surface area contributed by atoms with Gasteiger partial charge < -0.3 is 24.6 Å². The zero-order chi connectivity index (χ0) is 19.2. The van der Waals surface area contributed by atoms with Crippen molar-refractivity contribution in [3.8, 4) is 5.75 Å². The van der Waals surface area contributed by atoms with Crippen LogP contribution in [0.2, 0.25) is 0 Å². The average molecular weight is 386 g/mol. The maximum absolute atomic E-state index is 12.1. The van der Waals surface area contributed by atoms with Gasteiger partial charge in [0.05, 0.1) is 6.10 Å². The summed E-state index contributed by atoms with van der Waals surface area (Å²) in [5, 5.41) is 9.58. The summed E-state index contributed by atoms with van der Waals surface area (Å²) in [5.41, 5.74) is 0.702. The second-order valence-electron chi connectivity index (χ2n) is 7.23. The Bertz CT molecular complexity index is 782. The number of carbonyl (C=O) groups excluding carboxylic acids is 1. The molecular weight excluding hydrogens is 360 g/mol. The van der Waals surface area contributed by atoms with Gasteiger partial charge in [0.2, 0.25) is 0 Å². The van der Waals surface area contributed by atoms with Crippen LogP contribution in [0.15, 0.2) is 28.8 Å². The summed E-state index contributed by atoms with van der Waals surface area (Å²) in [6.45, 7) is 1.14. The summed E-state index contributed by atoms with van der Waals surface area (Å²) in [6, 6.07) is 7.22. The maximum Gasteiger partial charge on any atom is 0.319 e. The molecule has 8 nitrogen and oxygen atoms in total. The fraction of sp³-hybridized carbons (Fsp3) is 0.550. The second kappa shape index (κ2) is 9.05. The number of amides is 2. The van der Waals surface area contributed by atoms with Crippen LogP contribution in [0.5, 0.6) is 5.75 Å². The molecule has 1 saturated heterocycles. The maximum atomic E-state index is 12.1. The predicted molar refractivity (Wildman–Crippen MR) is 102 cm³/mol. The number of nitrogens with zero attached hydrogens (tertiary/aromatic N) is 2. The lowest BCUT2D eigenvalue weighted by Gasteiger charge is -2.14. The Balaban J connectivity index is 1.21. The Kier molecular flexibility index (Phi) is 6.06. The summed E-state index contributed by atoms with van der Waals surface area (Å²) in [7, 11) is 0. The first kappa shape index (κ1) is 18.7. The molecule has 0 bridgehead atoms. The van der Waals surface area contributed by atoms with E-state index < -0.39 is 0 Å². The fourth-order valence-electron chi connectivity index (χ4n) is 3.58. The molecule has 150 valence electrons. The number of anilines is 1. The van der Waals surface area contributed by atoms with Crippen molar-refractivity contribution >= 4 is 11.7 Å². The Labute approximate surface area is 164 Å². The Morgan fingerprint density at radius 2 is 2.11 bits per heavy atom. The Morgan fingerprint density at radius 1 is 1.21 bits per heavy atom. The lowest BCUT2D eigenvalue weighted by atomic mass is 10.2. The lowest BCUT2D eigenvalue weighted by Crippen LogP contribution is -2.30. The molecule has 1 saturated carbocycles. The van der Waals surface area contributed by atoms with E-state index in [4.69, 9.17) is 14.0 Å². The van der Waals surface area contributed by atoms with E-state index >= 15 is 0 Å². The highest BCUT2D eigenvalue weighted by Crippen LogP contribution is 2.27. The van der Waals surface area contributed by atoms with Crippen molar-refractivity contribution in [2.75, 3.05) is 18.5 Å². The zero-order valence-electron chi connectivity index (χ0n) is 15.9. The van der Waals surface area contributed by atoms with Crippen LogP contribution in [0.1, 0.15) is 56.3 Å². The number of aromatic nitrogens is 2. The van der Waals surface area contributed by atoms with Crippen molar-refractivity contribution in [2.24, 2.45) is 0 Å². The molecule has 1 aromatic heterocycles. The topological polar surface area (TPSA) is 98.5 Å². The summed E-state index contributed by atoms with van der Waals surface area (Å²) in [4.78, 5) is 16.5. The van der Waals surface area contributed by atoms with E-state index in [9.17, 15) is 4.79 Å². The first-order valence-electron chi connectivity index (χ1n) is 10.0. The van der Waals surface area contributed by atoms with Crippen LogP contribution < -0.4 is 15.4 Å². The molecule has 2 heterocycles. The van der Waals surface area contributed by atoms with Gasteiger partial charge in [-0.1, -0.05) is 11.2 Å². The molecule has 0 unspecified atom stereocenters. The minimum Gasteiger partial charge on any atom is -0.490 e. The van der Waals surface area contributed by atoms with Crippen LogP contribution in [-0.2, 0) is 11.2 Å². The van der Waals surface area contributed by atoms with Crippen molar-refractivity contribution in [1.82, 2.24) is 15.5 Å². The number of urea groups is 1. The number of hydrogen-bond donors (Lipinski definition) is 2. The minimum absolute atomic E-state index is 0.0868. The predicted octanol–water partition coefficient (Wildman–Crippen LogP) is 3.61. The van der Waals surface area contributed by atoms with Gasteiger partial charge in [-0.2, -0.15) is 4.98 Å². The van der Waals surface area contributed by atoms with Crippen LogP contribution in [0.25, 0.3) is 0 Å². The number of hydrogen-bond acceptors (Lipinski definition) is 6. The van der Waals surface area contributed by atoms with Crippen LogP contribution in [0.3, 0.4) is 0 Å². The molecule has 8 heteroatoms. The van der Waals surface area contributed by atoms with E-state index in [1.807, 2.05) is 24.3 Å². The van der Waals surface area contributed by atoms with E-state index in [1.165, 1.54) is 12.8 Å². The van der Waals surface area contributed by atoms with Crippen LogP contribution in [0, 0.1) is 0 Å². The molecular formula is C20H26N4O4. The highest BCUT2D eigenvalue weighted by Gasteiger charge is 2.23. The molecule has 2 N–H and O–H groups in total. The van der Waals surface area contributed by atoms with Crippen LogP contribution in [-0.4, -0.2) is 35.4 Å². The van der Waals surface area contributed by atoms with E-state index in [2.05, 4.69) is 20.8 Å². The SMILES string of the molecule is O=C(NCCc1noc([C@H]2CCCO2)n1)Nc1cccc(OC2CCCC2)c1. The summed E-state index contributed by atoms with van der Waals surface area (Å²) in [6.07, 6.45) is 7.26. The Hall–Kier alpha value is -2.61. The van der Waals surface area contributed by atoms with E-state index in [1.54, 1.807) is 0 Å². The first-order chi connectivity index (χ1) is 13.8. The molecule has 2 aliphatic rings. The van der Waals surface area contributed by atoms with Gasteiger partial charge in [-0.15, -0.1) is 0 Å². The molecule has 1 aliphatic heterocycles. The van der Waals surface area contributed by atoms with Gasteiger partial charge in [0.25, 0.3) is 5.89 Å². The zero-order valence-corrected chi connectivity index (χ0v) is 15.9. The van der Waals surface area contributed by atoms with Gasteiger partial charge in [-0.3, -0.25) is 0 Å².